The monoisotopic (exact) mass is 258 g/mol. The molecule has 0 radical (unpaired) electrons. The molecule has 2 rings (SSSR count). The number of hydrogen-bond donors (Lipinski definition) is 1. The highest BCUT2D eigenvalue weighted by Crippen LogP contribution is 2.20. The number of pyridine rings is 1. The molecule has 1 aliphatic rings. The van der Waals surface area contributed by atoms with E-state index in [1.807, 2.05) is 12.1 Å². The zero-order valence-electron chi connectivity index (χ0n) is 11.6. The number of hydrogen-bond acceptors (Lipinski definition) is 4. The third-order valence-electron chi connectivity index (χ3n) is 3.62. The van der Waals surface area contributed by atoms with Gasteiger partial charge in [0.2, 0.25) is 0 Å². The third-order valence-corrected chi connectivity index (χ3v) is 3.62. The average molecular weight is 258 g/mol. The summed E-state index contributed by atoms with van der Waals surface area (Å²) in [6.45, 7) is 5.28. The van der Waals surface area contributed by atoms with Crippen LogP contribution in [0.4, 0.5) is 5.69 Å². The fourth-order valence-corrected chi connectivity index (χ4v) is 2.58. The van der Waals surface area contributed by atoms with Gasteiger partial charge < -0.3 is 10.2 Å². The first-order valence-electron chi connectivity index (χ1n) is 7.18. The SMILES string of the molecule is CCCCN(CC1CCCN1)c1cccnc1C#N. The molecule has 1 aromatic heterocycles. The van der Waals surface area contributed by atoms with Crippen molar-refractivity contribution in [3.05, 3.63) is 24.0 Å². The van der Waals surface area contributed by atoms with Gasteiger partial charge >= 0.3 is 0 Å². The second-order valence-corrected chi connectivity index (χ2v) is 5.08. The summed E-state index contributed by atoms with van der Waals surface area (Å²) in [5.74, 6) is 0. The van der Waals surface area contributed by atoms with Crippen molar-refractivity contribution < 1.29 is 0 Å². The van der Waals surface area contributed by atoms with Crippen molar-refractivity contribution in [1.82, 2.24) is 10.3 Å². The lowest BCUT2D eigenvalue weighted by Crippen LogP contribution is -2.38. The van der Waals surface area contributed by atoms with Crippen LogP contribution in [0, 0.1) is 11.3 Å². The predicted octanol–water partition coefficient (Wildman–Crippen LogP) is 2.31. The smallest absolute Gasteiger partial charge is 0.163 e. The number of nitrogens with one attached hydrogen (secondary N) is 1. The van der Waals surface area contributed by atoms with Gasteiger partial charge in [0.05, 0.1) is 5.69 Å². The van der Waals surface area contributed by atoms with Crippen molar-refractivity contribution in [2.45, 2.75) is 38.6 Å². The molecule has 19 heavy (non-hydrogen) atoms. The number of unbranched alkanes of at least 4 members (excludes halogenated alkanes) is 1. The van der Waals surface area contributed by atoms with E-state index in [2.05, 4.69) is 28.2 Å². The fourth-order valence-electron chi connectivity index (χ4n) is 2.58. The van der Waals surface area contributed by atoms with Gasteiger partial charge in [-0.1, -0.05) is 13.3 Å². The Hall–Kier alpha value is -1.60. The third kappa shape index (κ3) is 3.68. The quantitative estimate of drug-likeness (QED) is 0.850. The zero-order chi connectivity index (χ0) is 13.5. The maximum atomic E-state index is 9.20. The summed E-state index contributed by atoms with van der Waals surface area (Å²) in [7, 11) is 0. The highest BCUT2D eigenvalue weighted by Gasteiger charge is 2.19. The Morgan fingerprint density at radius 1 is 1.58 bits per heavy atom. The number of nitrogens with zero attached hydrogens (tertiary/aromatic N) is 3. The van der Waals surface area contributed by atoms with Gasteiger partial charge in [-0.25, -0.2) is 4.98 Å². The van der Waals surface area contributed by atoms with Crippen molar-refractivity contribution in [2.75, 3.05) is 24.5 Å². The molecule has 1 atom stereocenters. The van der Waals surface area contributed by atoms with Gasteiger partial charge in [0.1, 0.15) is 6.07 Å². The fraction of sp³-hybridized carbons (Fsp3) is 0.600. The van der Waals surface area contributed by atoms with Gasteiger partial charge in [0.15, 0.2) is 5.69 Å². The minimum Gasteiger partial charge on any atom is -0.368 e. The summed E-state index contributed by atoms with van der Waals surface area (Å²) in [4.78, 5) is 6.50. The molecule has 1 saturated heterocycles. The number of rotatable bonds is 6. The average Bonchev–Trinajstić information content (AvgIpc) is 2.96. The number of anilines is 1. The van der Waals surface area contributed by atoms with Gasteiger partial charge in [-0.05, 0) is 37.9 Å². The molecular formula is C15H22N4. The molecule has 1 unspecified atom stereocenters. The lowest BCUT2D eigenvalue weighted by molar-refractivity contribution is 0.571. The van der Waals surface area contributed by atoms with E-state index in [9.17, 15) is 5.26 Å². The molecule has 1 N–H and O–H groups in total. The molecule has 0 saturated carbocycles. The molecular weight excluding hydrogens is 236 g/mol. The van der Waals surface area contributed by atoms with Gasteiger partial charge in [0, 0.05) is 25.3 Å². The van der Waals surface area contributed by atoms with E-state index in [0.29, 0.717) is 11.7 Å². The Labute approximate surface area is 115 Å². The molecule has 0 aliphatic carbocycles. The van der Waals surface area contributed by atoms with Crippen molar-refractivity contribution in [1.29, 1.82) is 5.26 Å². The van der Waals surface area contributed by atoms with E-state index in [1.165, 1.54) is 12.8 Å². The Balaban J connectivity index is 2.13. The highest BCUT2D eigenvalue weighted by atomic mass is 15.2. The summed E-state index contributed by atoms with van der Waals surface area (Å²) >= 11 is 0. The van der Waals surface area contributed by atoms with Crippen LogP contribution in [0.15, 0.2) is 18.3 Å². The topological polar surface area (TPSA) is 52.0 Å². The predicted molar refractivity (Wildman–Crippen MR) is 77.1 cm³/mol. The Bertz CT molecular complexity index is 432. The van der Waals surface area contributed by atoms with Crippen molar-refractivity contribution in [3.63, 3.8) is 0 Å². The van der Waals surface area contributed by atoms with E-state index in [0.717, 1.165) is 38.2 Å². The second-order valence-electron chi connectivity index (χ2n) is 5.08. The van der Waals surface area contributed by atoms with E-state index in [-0.39, 0.29) is 0 Å². The van der Waals surface area contributed by atoms with Crippen LogP contribution in [0.1, 0.15) is 38.3 Å². The van der Waals surface area contributed by atoms with Gasteiger partial charge in [-0.15, -0.1) is 0 Å². The first-order valence-corrected chi connectivity index (χ1v) is 7.18. The van der Waals surface area contributed by atoms with Crippen LogP contribution in [0.25, 0.3) is 0 Å². The molecule has 1 aliphatic heterocycles. The molecule has 1 fully saturated rings. The van der Waals surface area contributed by atoms with Crippen LogP contribution in [0.2, 0.25) is 0 Å². The summed E-state index contributed by atoms with van der Waals surface area (Å²) in [6, 6.07) is 6.67. The lowest BCUT2D eigenvalue weighted by atomic mass is 10.1. The second kappa shape index (κ2) is 7.10. The molecule has 0 amide bonds. The first-order chi connectivity index (χ1) is 9.35. The van der Waals surface area contributed by atoms with Crippen molar-refractivity contribution in [2.24, 2.45) is 0 Å². The molecule has 4 heteroatoms. The first kappa shape index (κ1) is 13.8. The maximum absolute atomic E-state index is 9.20. The van der Waals surface area contributed by atoms with Gasteiger partial charge in [0.25, 0.3) is 0 Å². The van der Waals surface area contributed by atoms with Crippen LogP contribution in [0.5, 0.6) is 0 Å². The summed E-state index contributed by atoms with van der Waals surface area (Å²) < 4.78 is 0. The van der Waals surface area contributed by atoms with Crippen LogP contribution >= 0.6 is 0 Å². The van der Waals surface area contributed by atoms with E-state index >= 15 is 0 Å². The minimum absolute atomic E-state index is 0.539. The molecule has 0 aromatic carbocycles. The summed E-state index contributed by atoms with van der Waals surface area (Å²) in [6.07, 6.45) is 6.48. The van der Waals surface area contributed by atoms with Crippen LogP contribution in [-0.4, -0.2) is 30.7 Å². The van der Waals surface area contributed by atoms with E-state index in [4.69, 9.17) is 0 Å². The van der Waals surface area contributed by atoms with Crippen LogP contribution in [-0.2, 0) is 0 Å². The Morgan fingerprint density at radius 3 is 3.16 bits per heavy atom. The van der Waals surface area contributed by atoms with Gasteiger partial charge in [-0.3, -0.25) is 0 Å². The zero-order valence-corrected chi connectivity index (χ0v) is 11.6. The van der Waals surface area contributed by atoms with Crippen LogP contribution < -0.4 is 10.2 Å². The largest absolute Gasteiger partial charge is 0.368 e. The summed E-state index contributed by atoms with van der Waals surface area (Å²) in [5, 5.41) is 12.7. The Kier molecular flexibility index (Phi) is 5.17. The van der Waals surface area contributed by atoms with Crippen molar-refractivity contribution >= 4 is 5.69 Å². The van der Waals surface area contributed by atoms with Crippen molar-refractivity contribution in [3.8, 4) is 6.07 Å². The van der Waals surface area contributed by atoms with Gasteiger partial charge in [-0.2, -0.15) is 5.26 Å². The minimum atomic E-state index is 0.539. The van der Waals surface area contributed by atoms with Crippen LogP contribution in [0.3, 0.4) is 0 Å². The molecule has 2 heterocycles. The standard InChI is InChI=1S/C15H22N4/c1-2-3-10-19(12-13-6-4-8-17-13)15-7-5-9-18-14(15)11-16/h5,7,9,13,17H,2-4,6,8,10,12H2,1H3. The lowest BCUT2D eigenvalue weighted by Gasteiger charge is -2.28. The highest BCUT2D eigenvalue weighted by molar-refractivity contribution is 5.55. The molecule has 0 spiro atoms. The molecule has 0 bridgehead atoms. The maximum Gasteiger partial charge on any atom is 0.163 e. The summed E-state index contributed by atoms with van der Waals surface area (Å²) in [5.41, 5.74) is 1.52. The molecule has 4 nitrogen and oxygen atoms in total. The number of aromatic nitrogens is 1. The molecule has 1 aromatic rings. The molecule has 102 valence electrons. The normalized spacial score (nSPS) is 18.2. The number of nitriles is 1. The van der Waals surface area contributed by atoms with E-state index < -0.39 is 0 Å². The Morgan fingerprint density at radius 2 is 2.47 bits per heavy atom. The van der Waals surface area contributed by atoms with E-state index in [1.54, 1.807) is 6.20 Å².